The van der Waals surface area contributed by atoms with Crippen molar-refractivity contribution in [2.24, 2.45) is 0 Å². The Morgan fingerprint density at radius 2 is 1.88 bits per heavy atom. The fourth-order valence-corrected chi connectivity index (χ4v) is 4.10. The van der Waals surface area contributed by atoms with Crippen molar-refractivity contribution >= 4 is 22.2 Å². The van der Waals surface area contributed by atoms with Crippen molar-refractivity contribution in [3.8, 4) is 0 Å². The summed E-state index contributed by atoms with van der Waals surface area (Å²) in [6.45, 7) is 6.29. The van der Waals surface area contributed by atoms with E-state index in [2.05, 4.69) is 44.5 Å². The average Bonchev–Trinajstić information content (AvgIpc) is 3.23. The zero-order valence-electron chi connectivity index (χ0n) is 14.8. The van der Waals surface area contributed by atoms with E-state index in [1.165, 1.54) is 16.9 Å². The van der Waals surface area contributed by atoms with E-state index in [0.717, 1.165) is 48.5 Å². The number of aryl methyl sites for hydroxylation is 2. The highest BCUT2D eigenvalue weighted by molar-refractivity contribution is 7.16. The molecule has 2 aromatic heterocycles. The highest BCUT2D eigenvalue weighted by Gasteiger charge is 2.21. The summed E-state index contributed by atoms with van der Waals surface area (Å²) in [5, 5.41) is 13.5. The highest BCUT2D eigenvalue weighted by atomic mass is 32.1. The molecule has 3 aromatic rings. The van der Waals surface area contributed by atoms with Crippen LogP contribution in [0.5, 0.6) is 0 Å². The molecule has 0 unspecified atom stereocenters. The van der Waals surface area contributed by atoms with Crippen LogP contribution in [0.2, 0.25) is 0 Å². The van der Waals surface area contributed by atoms with Gasteiger partial charge in [-0.15, -0.1) is 10.2 Å². The molecule has 0 N–H and O–H groups in total. The lowest BCUT2D eigenvalue weighted by Gasteiger charge is -2.34. The van der Waals surface area contributed by atoms with E-state index < -0.39 is 0 Å². The Balaban J connectivity index is 1.25. The number of aromatic nitrogens is 4. The first kappa shape index (κ1) is 17.1. The van der Waals surface area contributed by atoms with Gasteiger partial charge in [0.1, 0.15) is 5.01 Å². The van der Waals surface area contributed by atoms with Crippen LogP contribution in [0.25, 0.3) is 4.96 Å². The second-order valence-corrected chi connectivity index (χ2v) is 7.62. The Kier molecular flexibility index (Phi) is 4.94. The van der Waals surface area contributed by atoms with E-state index in [1.807, 2.05) is 17.9 Å². The number of rotatable bonds is 5. The summed E-state index contributed by atoms with van der Waals surface area (Å²) in [7, 11) is 0. The van der Waals surface area contributed by atoms with Crippen molar-refractivity contribution in [2.75, 3.05) is 26.2 Å². The lowest BCUT2D eigenvalue weighted by molar-refractivity contribution is -0.133. The van der Waals surface area contributed by atoms with Crippen LogP contribution in [0.4, 0.5) is 0 Å². The van der Waals surface area contributed by atoms with Crippen molar-refractivity contribution in [2.45, 2.75) is 26.3 Å². The summed E-state index contributed by atoms with van der Waals surface area (Å²) in [5.41, 5.74) is 1.32. The molecule has 0 aliphatic carbocycles. The van der Waals surface area contributed by atoms with Gasteiger partial charge in [0.15, 0.2) is 5.82 Å². The minimum atomic E-state index is 0.215. The fraction of sp³-hybridized carbons (Fsp3) is 0.444. The van der Waals surface area contributed by atoms with Gasteiger partial charge in [0, 0.05) is 45.6 Å². The molecule has 1 saturated heterocycles. The molecule has 8 heteroatoms. The minimum absolute atomic E-state index is 0.215. The third-order valence-corrected chi connectivity index (χ3v) is 5.67. The van der Waals surface area contributed by atoms with Crippen LogP contribution < -0.4 is 0 Å². The fourth-order valence-electron chi connectivity index (χ4n) is 3.22. The summed E-state index contributed by atoms with van der Waals surface area (Å²) in [6, 6.07) is 10.5. The molecule has 0 atom stereocenters. The molecular weight excluding hydrogens is 348 g/mol. The Labute approximate surface area is 156 Å². The molecule has 1 fully saturated rings. The van der Waals surface area contributed by atoms with Crippen molar-refractivity contribution in [1.82, 2.24) is 29.6 Å². The summed E-state index contributed by atoms with van der Waals surface area (Å²) in [5.74, 6) is 0.996. The monoisotopic (exact) mass is 370 g/mol. The number of piperazine rings is 1. The number of nitrogens with zero attached hydrogens (tertiary/aromatic N) is 6. The second-order valence-electron chi connectivity index (χ2n) is 6.58. The Morgan fingerprint density at radius 3 is 2.62 bits per heavy atom. The van der Waals surface area contributed by atoms with E-state index in [0.29, 0.717) is 12.8 Å². The Morgan fingerprint density at radius 1 is 1.12 bits per heavy atom. The van der Waals surface area contributed by atoms with Crippen LogP contribution in [0.3, 0.4) is 0 Å². The summed E-state index contributed by atoms with van der Waals surface area (Å²) in [6.07, 6.45) is 1.17. The molecule has 3 heterocycles. The van der Waals surface area contributed by atoms with Gasteiger partial charge in [0.05, 0.1) is 0 Å². The summed E-state index contributed by atoms with van der Waals surface area (Å²) in [4.78, 5) is 17.7. The third kappa shape index (κ3) is 3.76. The van der Waals surface area contributed by atoms with Crippen molar-refractivity contribution < 1.29 is 4.79 Å². The number of benzene rings is 1. The molecule has 0 radical (unpaired) electrons. The molecular formula is C18H22N6OS. The van der Waals surface area contributed by atoms with Gasteiger partial charge in [-0.1, -0.05) is 41.7 Å². The van der Waals surface area contributed by atoms with E-state index in [1.54, 1.807) is 4.52 Å². The van der Waals surface area contributed by atoms with Crippen LogP contribution >= 0.6 is 11.3 Å². The van der Waals surface area contributed by atoms with Gasteiger partial charge < -0.3 is 4.90 Å². The molecule has 1 aliphatic rings. The molecule has 4 rings (SSSR count). The molecule has 26 heavy (non-hydrogen) atoms. The normalized spacial score (nSPS) is 15.7. The largest absolute Gasteiger partial charge is 0.340 e. The molecule has 0 spiro atoms. The molecule has 1 aliphatic heterocycles. The van der Waals surface area contributed by atoms with Gasteiger partial charge >= 0.3 is 0 Å². The van der Waals surface area contributed by atoms with Crippen LogP contribution in [0, 0.1) is 6.92 Å². The Hall–Kier alpha value is -2.32. The topological polar surface area (TPSA) is 66.6 Å². The van der Waals surface area contributed by atoms with Gasteiger partial charge in [-0.2, -0.15) is 9.61 Å². The highest BCUT2D eigenvalue weighted by Crippen LogP contribution is 2.16. The SMILES string of the molecule is Cc1nnc2sc(CCC(=O)N3CCN(Cc4ccccc4)CC3)nn12. The van der Waals surface area contributed by atoms with Gasteiger partial charge in [-0.05, 0) is 12.5 Å². The lowest BCUT2D eigenvalue weighted by atomic mass is 10.2. The number of carbonyl (C=O) groups is 1. The van der Waals surface area contributed by atoms with Gasteiger partial charge in [0.25, 0.3) is 0 Å². The average molecular weight is 370 g/mol. The first-order chi connectivity index (χ1) is 12.7. The van der Waals surface area contributed by atoms with Crippen molar-refractivity contribution in [1.29, 1.82) is 0 Å². The number of amides is 1. The maximum Gasteiger partial charge on any atom is 0.234 e. The third-order valence-electron chi connectivity index (χ3n) is 4.72. The smallest absolute Gasteiger partial charge is 0.234 e. The van der Waals surface area contributed by atoms with Crippen molar-refractivity contribution in [3.05, 3.63) is 46.7 Å². The molecule has 0 saturated carbocycles. The van der Waals surface area contributed by atoms with E-state index in [-0.39, 0.29) is 5.91 Å². The predicted octanol–water partition coefficient (Wildman–Crippen LogP) is 1.77. The van der Waals surface area contributed by atoms with Crippen LogP contribution in [-0.2, 0) is 17.8 Å². The molecule has 1 amide bonds. The van der Waals surface area contributed by atoms with Gasteiger partial charge in [0.2, 0.25) is 10.9 Å². The lowest BCUT2D eigenvalue weighted by Crippen LogP contribution is -2.48. The van der Waals surface area contributed by atoms with Gasteiger partial charge in [-0.25, -0.2) is 0 Å². The van der Waals surface area contributed by atoms with Crippen LogP contribution in [0.15, 0.2) is 30.3 Å². The standard InChI is InChI=1S/C18H22N6OS/c1-14-19-20-18-24(14)21-16(26-18)7-8-17(25)23-11-9-22(10-12-23)13-15-5-3-2-4-6-15/h2-6H,7-13H2,1H3. The second kappa shape index (κ2) is 7.51. The molecule has 7 nitrogen and oxygen atoms in total. The molecule has 1 aromatic carbocycles. The summed E-state index contributed by atoms with van der Waals surface area (Å²) >= 11 is 1.51. The zero-order chi connectivity index (χ0) is 17.9. The quantitative estimate of drug-likeness (QED) is 0.685. The first-order valence-corrected chi connectivity index (χ1v) is 9.72. The maximum atomic E-state index is 12.5. The molecule has 136 valence electrons. The number of hydrogen-bond acceptors (Lipinski definition) is 6. The minimum Gasteiger partial charge on any atom is -0.340 e. The van der Waals surface area contributed by atoms with Gasteiger partial charge in [-0.3, -0.25) is 9.69 Å². The Bertz CT molecular complexity index is 882. The zero-order valence-corrected chi connectivity index (χ0v) is 15.7. The van der Waals surface area contributed by atoms with Crippen LogP contribution in [-0.4, -0.2) is 61.7 Å². The number of fused-ring (bicyclic) bond motifs is 1. The van der Waals surface area contributed by atoms with E-state index in [9.17, 15) is 4.79 Å². The summed E-state index contributed by atoms with van der Waals surface area (Å²) < 4.78 is 1.74. The van der Waals surface area contributed by atoms with Crippen molar-refractivity contribution in [3.63, 3.8) is 0 Å². The van der Waals surface area contributed by atoms with E-state index in [4.69, 9.17) is 0 Å². The number of hydrogen-bond donors (Lipinski definition) is 0. The first-order valence-electron chi connectivity index (χ1n) is 8.91. The predicted molar refractivity (Wildman–Crippen MR) is 100 cm³/mol. The van der Waals surface area contributed by atoms with Crippen LogP contribution in [0.1, 0.15) is 22.8 Å². The number of carbonyl (C=O) groups excluding carboxylic acids is 1. The maximum absolute atomic E-state index is 12.5. The van der Waals surface area contributed by atoms with E-state index >= 15 is 0 Å². The molecule has 0 bridgehead atoms.